The van der Waals surface area contributed by atoms with Gasteiger partial charge >= 0.3 is 0 Å². The largest absolute Gasteiger partial charge is 0.395 e. The Morgan fingerprint density at radius 1 is 1.26 bits per heavy atom. The van der Waals surface area contributed by atoms with Crippen molar-refractivity contribution in [1.29, 1.82) is 0 Å². The molecule has 27 heavy (non-hydrogen) atoms. The molecule has 144 valence electrons. The van der Waals surface area contributed by atoms with E-state index >= 15 is 0 Å². The van der Waals surface area contributed by atoms with Gasteiger partial charge in [-0.15, -0.1) is 0 Å². The molecule has 0 bridgehead atoms. The molecule has 1 unspecified atom stereocenters. The fourth-order valence-corrected chi connectivity index (χ4v) is 2.63. The molecule has 3 aromatic rings. The maximum Gasteiger partial charge on any atom is 0.225 e. The number of imidazole rings is 1. The van der Waals surface area contributed by atoms with Crippen molar-refractivity contribution in [3.8, 4) is 0 Å². The van der Waals surface area contributed by atoms with E-state index in [1.807, 2.05) is 25.1 Å². The van der Waals surface area contributed by atoms with Gasteiger partial charge < -0.3 is 20.8 Å². The van der Waals surface area contributed by atoms with Crippen LogP contribution in [0.2, 0.25) is 5.02 Å². The lowest BCUT2D eigenvalue weighted by Crippen LogP contribution is -2.39. The topological polar surface area (TPSA) is 108 Å². The second kappa shape index (κ2) is 7.67. The molecular weight excluding hydrogens is 368 g/mol. The van der Waals surface area contributed by atoms with Crippen molar-refractivity contribution >= 4 is 40.3 Å². The van der Waals surface area contributed by atoms with Crippen LogP contribution in [0, 0.1) is 0 Å². The Bertz CT molecular complexity index is 937. The van der Waals surface area contributed by atoms with Crippen molar-refractivity contribution in [2.75, 3.05) is 17.2 Å². The SMILES string of the molecule is CC(Nc1ncc2nc(Nc3ccccc3Cl)n(CCO)c2n1)C(C)(C)O. The van der Waals surface area contributed by atoms with Crippen LogP contribution in [-0.4, -0.2) is 48.0 Å². The van der Waals surface area contributed by atoms with E-state index in [0.717, 1.165) is 0 Å². The fourth-order valence-electron chi connectivity index (χ4n) is 2.45. The molecule has 2 heterocycles. The smallest absolute Gasteiger partial charge is 0.225 e. The van der Waals surface area contributed by atoms with Gasteiger partial charge in [-0.05, 0) is 32.9 Å². The third kappa shape index (κ3) is 4.29. The van der Waals surface area contributed by atoms with Crippen LogP contribution in [0.5, 0.6) is 0 Å². The van der Waals surface area contributed by atoms with Gasteiger partial charge in [0, 0.05) is 0 Å². The monoisotopic (exact) mass is 390 g/mol. The predicted molar refractivity (Wildman–Crippen MR) is 107 cm³/mol. The molecule has 0 spiro atoms. The Balaban J connectivity index is 1.98. The first-order chi connectivity index (χ1) is 12.8. The highest BCUT2D eigenvalue weighted by molar-refractivity contribution is 6.33. The predicted octanol–water partition coefficient (Wildman–Crippen LogP) is 2.79. The van der Waals surface area contributed by atoms with Crippen molar-refractivity contribution in [2.24, 2.45) is 0 Å². The molecule has 4 N–H and O–H groups in total. The van der Waals surface area contributed by atoms with E-state index in [1.54, 1.807) is 30.7 Å². The van der Waals surface area contributed by atoms with Crippen molar-refractivity contribution in [2.45, 2.75) is 39.0 Å². The Morgan fingerprint density at radius 2 is 2.00 bits per heavy atom. The standard InChI is InChI=1S/C18H23ClN6O2/c1-11(18(2,3)27)21-16-20-10-14-15(24-16)25(8-9-26)17(23-14)22-13-7-5-4-6-12(13)19/h4-7,10-11,26-27H,8-9H2,1-3H3,(H,22,23)(H,20,21,24). The van der Waals surface area contributed by atoms with E-state index in [9.17, 15) is 10.2 Å². The molecule has 0 aliphatic heterocycles. The number of aromatic nitrogens is 4. The lowest BCUT2D eigenvalue weighted by molar-refractivity contribution is 0.0646. The zero-order valence-corrected chi connectivity index (χ0v) is 16.2. The number of halogens is 1. The Morgan fingerprint density at radius 3 is 2.67 bits per heavy atom. The third-order valence-corrected chi connectivity index (χ3v) is 4.67. The van der Waals surface area contributed by atoms with E-state index in [4.69, 9.17) is 11.6 Å². The van der Waals surface area contributed by atoms with E-state index < -0.39 is 5.60 Å². The van der Waals surface area contributed by atoms with Gasteiger partial charge in [0.15, 0.2) is 5.65 Å². The summed E-state index contributed by atoms with van der Waals surface area (Å²) in [6.07, 6.45) is 1.60. The average molecular weight is 391 g/mol. The lowest BCUT2D eigenvalue weighted by Gasteiger charge is -2.26. The van der Waals surface area contributed by atoms with Gasteiger partial charge in [-0.3, -0.25) is 4.57 Å². The minimum Gasteiger partial charge on any atom is -0.395 e. The van der Waals surface area contributed by atoms with Crippen LogP contribution in [0.1, 0.15) is 20.8 Å². The Labute approximate surface area is 162 Å². The van der Waals surface area contributed by atoms with Crippen LogP contribution >= 0.6 is 11.6 Å². The number of benzene rings is 1. The van der Waals surface area contributed by atoms with Crippen LogP contribution in [-0.2, 0) is 6.54 Å². The summed E-state index contributed by atoms with van der Waals surface area (Å²) >= 11 is 6.22. The van der Waals surface area contributed by atoms with Crippen LogP contribution in [0.15, 0.2) is 30.5 Å². The van der Waals surface area contributed by atoms with Gasteiger partial charge in [-0.1, -0.05) is 23.7 Å². The van der Waals surface area contributed by atoms with Gasteiger partial charge in [-0.25, -0.2) is 9.97 Å². The third-order valence-electron chi connectivity index (χ3n) is 4.34. The minimum atomic E-state index is -0.930. The molecule has 1 aromatic carbocycles. The molecule has 0 saturated heterocycles. The number of aliphatic hydroxyl groups excluding tert-OH is 1. The molecular formula is C18H23ClN6O2. The van der Waals surface area contributed by atoms with Crippen LogP contribution < -0.4 is 10.6 Å². The first-order valence-electron chi connectivity index (χ1n) is 8.64. The summed E-state index contributed by atoms with van der Waals surface area (Å²) in [4.78, 5) is 13.3. The van der Waals surface area contributed by atoms with Crippen molar-refractivity contribution in [1.82, 2.24) is 19.5 Å². The molecule has 0 fully saturated rings. The van der Waals surface area contributed by atoms with Gasteiger partial charge in [0.2, 0.25) is 11.9 Å². The highest BCUT2D eigenvalue weighted by Crippen LogP contribution is 2.27. The molecule has 9 heteroatoms. The summed E-state index contributed by atoms with van der Waals surface area (Å²) in [6.45, 7) is 5.51. The zero-order valence-electron chi connectivity index (χ0n) is 15.4. The molecule has 1 atom stereocenters. The van der Waals surface area contributed by atoms with Crippen LogP contribution in [0.3, 0.4) is 0 Å². The Hall–Kier alpha value is -2.42. The molecule has 2 aromatic heterocycles. The number of hydrogen-bond donors (Lipinski definition) is 4. The van der Waals surface area contributed by atoms with Gasteiger partial charge in [-0.2, -0.15) is 4.98 Å². The van der Waals surface area contributed by atoms with E-state index in [-0.39, 0.29) is 12.6 Å². The molecule has 0 saturated carbocycles. The number of nitrogens with zero attached hydrogens (tertiary/aromatic N) is 4. The van der Waals surface area contributed by atoms with Gasteiger partial charge in [0.25, 0.3) is 0 Å². The number of hydrogen-bond acceptors (Lipinski definition) is 7. The molecule has 0 amide bonds. The second-order valence-corrected chi connectivity index (χ2v) is 7.24. The number of nitrogens with one attached hydrogen (secondary N) is 2. The average Bonchev–Trinajstić information content (AvgIpc) is 2.93. The zero-order chi connectivity index (χ0) is 19.6. The molecule has 0 aliphatic carbocycles. The summed E-state index contributed by atoms with van der Waals surface area (Å²) < 4.78 is 1.76. The number of rotatable bonds is 7. The van der Waals surface area contributed by atoms with Gasteiger partial charge in [0.05, 0.1) is 41.7 Å². The normalized spacial score (nSPS) is 13.0. The van der Waals surface area contributed by atoms with Gasteiger partial charge in [0.1, 0.15) is 5.52 Å². The molecule has 0 radical (unpaired) electrons. The van der Waals surface area contributed by atoms with Crippen molar-refractivity contribution in [3.05, 3.63) is 35.5 Å². The molecule has 3 rings (SSSR count). The van der Waals surface area contributed by atoms with Crippen molar-refractivity contribution in [3.63, 3.8) is 0 Å². The fraction of sp³-hybridized carbons (Fsp3) is 0.389. The van der Waals surface area contributed by atoms with Crippen molar-refractivity contribution < 1.29 is 10.2 Å². The first kappa shape index (κ1) is 19.3. The van der Waals surface area contributed by atoms with E-state index in [1.165, 1.54) is 0 Å². The highest BCUT2D eigenvalue weighted by atomic mass is 35.5. The molecule has 8 nitrogen and oxygen atoms in total. The highest BCUT2D eigenvalue weighted by Gasteiger charge is 2.23. The summed E-state index contributed by atoms with van der Waals surface area (Å²) in [6, 6.07) is 7.08. The quantitative estimate of drug-likeness (QED) is 0.491. The first-order valence-corrected chi connectivity index (χ1v) is 9.02. The molecule has 0 aliphatic rings. The minimum absolute atomic E-state index is 0.0739. The number of fused-ring (bicyclic) bond motifs is 1. The maximum absolute atomic E-state index is 10.1. The Kier molecular flexibility index (Phi) is 5.50. The maximum atomic E-state index is 10.1. The van der Waals surface area contributed by atoms with Crippen LogP contribution in [0.4, 0.5) is 17.6 Å². The number of aliphatic hydroxyl groups is 2. The second-order valence-electron chi connectivity index (χ2n) is 6.84. The van der Waals surface area contributed by atoms with E-state index in [2.05, 4.69) is 25.6 Å². The lowest BCUT2D eigenvalue weighted by atomic mass is 10.0. The summed E-state index contributed by atoms with van der Waals surface area (Å²) in [5.41, 5.74) is 0.926. The van der Waals surface area contributed by atoms with E-state index in [0.29, 0.717) is 40.3 Å². The van der Waals surface area contributed by atoms with Crippen LogP contribution in [0.25, 0.3) is 11.2 Å². The number of anilines is 3. The summed E-state index contributed by atoms with van der Waals surface area (Å²) in [7, 11) is 0. The number of para-hydroxylation sites is 1. The summed E-state index contributed by atoms with van der Waals surface area (Å²) in [5.74, 6) is 0.884. The summed E-state index contributed by atoms with van der Waals surface area (Å²) in [5, 5.41) is 26.4.